The van der Waals surface area contributed by atoms with Crippen molar-refractivity contribution < 1.29 is 24.5 Å². The van der Waals surface area contributed by atoms with Gasteiger partial charge >= 0.3 is 5.97 Å². The van der Waals surface area contributed by atoms with Gasteiger partial charge in [-0.1, -0.05) is 54.1 Å². The van der Waals surface area contributed by atoms with E-state index in [-0.39, 0.29) is 29.7 Å². The highest BCUT2D eigenvalue weighted by Crippen LogP contribution is 2.33. The van der Waals surface area contributed by atoms with E-state index in [0.717, 1.165) is 0 Å². The third-order valence-corrected chi connectivity index (χ3v) is 4.81. The Balaban J connectivity index is 0.000000420. The first-order valence-corrected chi connectivity index (χ1v) is 10.7. The van der Waals surface area contributed by atoms with Gasteiger partial charge in [0.15, 0.2) is 11.4 Å². The molecular formula is C27H23N3O5. The van der Waals surface area contributed by atoms with E-state index >= 15 is 0 Å². The molecular weight excluding hydrogens is 446 g/mol. The second-order valence-corrected chi connectivity index (χ2v) is 7.45. The highest BCUT2D eigenvalue weighted by atomic mass is 16.5. The number of ether oxygens (including phenoxy) is 1. The number of carboxylic acid groups (broad SMARTS) is 1. The number of hydrogen-bond donors (Lipinski definition) is 3. The molecule has 8 nitrogen and oxygen atoms in total. The van der Waals surface area contributed by atoms with Crippen LogP contribution in [-0.4, -0.2) is 33.6 Å². The molecule has 3 N–H and O–H groups in total. The number of aliphatic carboxylic acids is 1. The van der Waals surface area contributed by atoms with Crippen LogP contribution >= 0.6 is 0 Å². The number of para-hydroxylation sites is 1. The summed E-state index contributed by atoms with van der Waals surface area (Å²) in [7, 11) is 0. The number of aromatic hydroxyl groups is 1. The average molecular weight is 469 g/mol. The molecule has 0 saturated heterocycles. The lowest BCUT2D eigenvalue weighted by Gasteiger charge is -2.11. The number of nitriles is 1. The van der Waals surface area contributed by atoms with Crippen LogP contribution in [0.5, 0.6) is 17.2 Å². The van der Waals surface area contributed by atoms with Crippen LogP contribution < -0.4 is 10.1 Å². The maximum absolute atomic E-state index is 12.2. The van der Waals surface area contributed by atoms with Crippen molar-refractivity contribution in [2.75, 3.05) is 6.54 Å². The number of fused-ring (bicyclic) bond motifs is 1. The monoisotopic (exact) mass is 469 g/mol. The molecule has 0 fully saturated rings. The summed E-state index contributed by atoms with van der Waals surface area (Å²) >= 11 is 0. The number of benzene rings is 3. The van der Waals surface area contributed by atoms with Gasteiger partial charge in [-0.05, 0) is 37.3 Å². The van der Waals surface area contributed by atoms with Gasteiger partial charge in [0.2, 0.25) is 0 Å². The smallest absolute Gasteiger partial charge is 0.305 e. The minimum atomic E-state index is -1.07. The van der Waals surface area contributed by atoms with Crippen LogP contribution in [-0.2, 0) is 4.79 Å². The van der Waals surface area contributed by atoms with Crippen molar-refractivity contribution in [1.29, 1.82) is 5.26 Å². The van der Waals surface area contributed by atoms with Crippen molar-refractivity contribution in [2.45, 2.75) is 13.3 Å². The Labute approximate surface area is 202 Å². The minimum absolute atomic E-state index is 0.0605. The highest BCUT2D eigenvalue weighted by molar-refractivity contribution is 6.03. The van der Waals surface area contributed by atoms with Crippen LogP contribution in [0.2, 0.25) is 0 Å². The van der Waals surface area contributed by atoms with Crippen LogP contribution in [0.1, 0.15) is 28.2 Å². The lowest BCUT2D eigenvalue weighted by molar-refractivity contribution is -0.136. The lowest BCUT2D eigenvalue weighted by Crippen LogP contribution is -2.27. The summed E-state index contributed by atoms with van der Waals surface area (Å²) in [6.07, 6.45) is -0.272. The molecule has 0 spiro atoms. The number of rotatable bonds is 6. The third kappa shape index (κ3) is 6.79. The Morgan fingerprint density at radius 2 is 1.63 bits per heavy atom. The van der Waals surface area contributed by atoms with E-state index in [4.69, 9.17) is 9.84 Å². The van der Waals surface area contributed by atoms with Crippen molar-refractivity contribution >= 4 is 22.6 Å². The van der Waals surface area contributed by atoms with Crippen LogP contribution in [0.25, 0.3) is 10.8 Å². The summed E-state index contributed by atoms with van der Waals surface area (Å²) in [4.78, 5) is 26.7. The number of amides is 1. The van der Waals surface area contributed by atoms with Gasteiger partial charge in [0.05, 0.1) is 6.42 Å². The first-order valence-electron chi connectivity index (χ1n) is 10.7. The molecule has 0 unspecified atom stereocenters. The maximum atomic E-state index is 12.2. The predicted octanol–water partition coefficient (Wildman–Crippen LogP) is 4.80. The number of carboxylic acids is 1. The third-order valence-electron chi connectivity index (χ3n) is 4.81. The number of carbonyl (C=O) groups excluding carboxylic acids is 1. The van der Waals surface area contributed by atoms with Crippen molar-refractivity contribution in [3.8, 4) is 23.3 Å². The summed E-state index contributed by atoms with van der Waals surface area (Å²) in [6, 6.07) is 25.9. The molecule has 1 aromatic heterocycles. The molecule has 0 radical (unpaired) electrons. The van der Waals surface area contributed by atoms with Crippen LogP contribution in [0.3, 0.4) is 0 Å². The van der Waals surface area contributed by atoms with Gasteiger partial charge in [0, 0.05) is 17.3 Å². The fraction of sp³-hybridized carbons (Fsp3) is 0.111. The van der Waals surface area contributed by atoms with Crippen molar-refractivity contribution in [2.24, 2.45) is 0 Å². The van der Waals surface area contributed by atoms with Crippen molar-refractivity contribution in [3.05, 3.63) is 95.8 Å². The topological polar surface area (TPSA) is 133 Å². The minimum Gasteiger partial charge on any atom is -0.505 e. The van der Waals surface area contributed by atoms with E-state index in [0.29, 0.717) is 16.9 Å². The second-order valence-electron chi connectivity index (χ2n) is 7.45. The summed E-state index contributed by atoms with van der Waals surface area (Å²) in [5.74, 6) is -1.18. The molecule has 0 aliphatic carbocycles. The number of nitrogens with one attached hydrogen (secondary N) is 1. The Morgan fingerprint density at radius 1 is 0.971 bits per heavy atom. The molecule has 1 amide bonds. The summed E-state index contributed by atoms with van der Waals surface area (Å²) in [5.41, 5.74) is 0.920. The van der Waals surface area contributed by atoms with E-state index in [1.165, 1.54) is 11.6 Å². The molecule has 4 aromatic rings. The summed E-state index contributed by atoms with van der Waals surface area (Å²) < 4.78 is 5.73. The van der Waals surface area contributed by atoms with Crippen molar-refractivity contribution in [3.63, 3.8) is 0 Å². The zero-order valence-corrected chi connectivity index (χ0v) is 18.9. The number of carbonyl (C=O) groups is 2. The highest BCUT2D eigenvalue weighted by Gasteiger charge is 2.19. The largest absolute Gasteiger partial charge is 0.505 e. The Hall–Kier alpha value is -4.90. The predicted molar refractivity (Wildman–Crippen MR) is 130 cm³/mol. The molecule has 176 valence electrons. The molecule has 35 heavy (non-hydrogen) atoms. The maximum Gasteiger partial charge on any atom is 0.305 e. The number of aromatic nitrogens is 1. The van der Waals surface area contributed by atoms with E-state index in [1.807, 2.05) is 42.5 Å². The van der Waals surface area contributed by atoms with Gasteiger partial charge in [-0.25, -0.2) is 4.98 Å². The molecule has 0 atom stereocenters. The standard InChI is InChI=1S/C20H15N3O5.C7H8/c21-11-16-15-10-13(28-12-4-2-1-3-5-12)6-7-14(15)19(26)18(23-16)20(27)22-9-8-17(24)25;1-7-5-3-2-4-6-7/h1-7,10,26H,8-9H2,(H,22,27)(H,24,25);2-6H,1H3. The molecule has 1 heterocycles. The Morgan fingerprint density at radius 3 is 2.20 bits per heavy atom. The van der Waals surface area contributed by atoms with E-state index in [1.54, 1.807) is 24.3 Å². The molecule has 8 heteroatoms. The number of pyridine rings is 1. The van der Waals surface area contributed by atoms with Crippen molar-refractivity contribution in [1.82, 2.24) is 10.3 Å². The molecule has 0 aliphatic heterocycles. The molecule has 3 aromatic carbocycles. The number of aryl methyl sites for hydroxylation is 1. The Kier molecular flexibility index (Phi) is 8.35. The quantitative estimate of drug-likeness (QED) is 0.369. The fourth-order valence-corrected chi connectivity index (χ4v) is 3.11. The normalized spacial score (nSPS) is 9.94. The van der Waals surface area contributed by atoms with Gasteiger partial charge in [0.1, 0.15) is 23.3 Å². The average Bonchev–Trinajstić information content (AvgIpc) is 2.85. The zero-order valence-electron chi connectivity index (χ0n) is 18.9. The van der Waals surface area contributed by atoms with Gasteiger partial charge in [0.25, 0.3) is 5.91 Å². The van der Waals surface area contributed by atoms with Crippen LogP contribution in [0, 0.1) is 18.3 Å². The first-order chi connectivity index (χ1) is 16.9. The fourth-order valence-electron chi connectivity index (χ4n) is 3.11. The molecule has 0 saturated carbocycles. The van der Waals surface area contributed by atoms with Gasteiger partial charge in [-0.3, -0.25) is 9.59 Å². The lowest BCUT2D eigenvalue weighted by atomic mass is 10.1. The molecule has 0 aliphatic rings. The van der Waals surface area contributed by atoms with E-state index in [2.05, 4.69) is 29.4 Å². The van der Waals surface area contributed by atoms with Gasteiger partial charge < -0.3 is 20.3 Å². The number of hydrogen-bond acceptors (Lipinski definition) is 6. The van der Waals surface area contributed by atoms with Gasteiger partial charge in [-0.15, -0.1) is 0 Å². The van der Waals surface area contributed by atoms with Gasteiger partial charge in [-0.2, -0.15) is 5.26 Å². The van der Waals surface area contributed by atoms with E-state index in [9.17, 15) is 20.0 Å². The summed E-state index contributed by atoms with van der Waals surface area (Å²) in [6.45, 7) is 1.96. The molecule has 0 bridgehead atoms. The first kappa shape index (κ1) is 24.7. The van der Waals surface area contributed by atoms with Crippen LogP contribution in [0.15, 0.2) is 78.9 Å². The second kappa shape index (κ2) is 11.8. The summed E-state index contributed by atoms with van der Waals surface area (Å²) in [5, 5.41) is 31.4. The zero-order chi connectivity index (χ0) is 25.2. The SMILES string of the molecule is Cc1ccccc1.N#Cc1nc(C(=O)NCCC(=O)O)c(O)c2ccc(Oc3ccccc3)cc12. The number of nitrogens with zero attached hydrogens (tertiary/aromatic N) is 2. The van der Waals surface area contributed by atoms with Crippen LogP contribution in [0.4, 0.5) is 0 Å². The Bertz CT molecular complexity index is 1370. The van der Waals surface area contributed by atoms with E-state index < -0.39 is 17.6 Å². The molecule has 4 rings (SSSR count).